The molecule has 4 N–H and O–H groups in total. The maximum Gasteiger partial charge on any atom is 0.300 e. The molecule has 0 radical (unpaired) electrons. The van der Waals surface area contributed by atoms with Crippen LogP contribution in [0, 0.1) is 24.7 Å². The Morgan fingerprint density at radius 2 is 1.03 bits per heavy atom. The average molecular weight is 870 g/mol. The molecule has 9 rings (SSSR count). The fraction of sp³-hybridized carbons (Fsp3) is 0.192. The van der Waals surface area contributed by atoms with Gasteiger partial charge in [-0.2, -0.15) is 4.98 Å². The Morgan fingerprint density at radius 3 is 1.55 bits per heavy atom. The van der Waals surface area contributed by atoms with Crippen LogP contribution in [0.25, 0.3) is 32.3 Å². The summed E-state index contributed by atoms with van der Waals surface area (Å²) in [4.78, 5) is 52.4. The standard InChI is InChI=1S/C18H19N3O.C17H16N2O2.C17H16N2OS/c1-11(2)17(22)13-7-9-14(10-8-13)19-18-20-15-6-4-5-12(3)16(15)21-18;2*1-11(2)16(20)12-7-9-13(10-8-12)18-17-19-14-5-3-4-6-15(14)21-17/h4-11H,1-3H3,(H2,19,20,21);2*3-11H,1-2H3,(H,18,19). The van der Waals surface area contributed by atoms with Crippen molar-refractivity contribution in [2.45, 2.75) is 48.5 Å². The topological polar surface area (TPSA) is 155 Å². The zero-order valence-electron chi connectivity index (χ0n) is 36.9. The molecule has 3 heterocycles. The number of hydrogen-bond donors (Lipinski definition) is 4. The summed E-state index contributed by atoms with van der Waals surface area (Å²) in [6.45, 7) is 13.5. The number of nitrogens with one attached hydrogen (secondary N) is 4. The van der Waals surface area contributed by atoms with Crippen LogP contribution >= 0.6 is 11.3 Å². The van der Waals surface area contributed by atoms with Crippen LogP contribution in [0.2, 0.25) is 0 Å². The van der Waals surface area contributed by atoms with E-state index in [-0.39, 0.29) is 35.1 Å². The number of ketones is 3. The van der Waals surface area contributed by atoms with Crippen molar-refractivity contribution in [2.24, 2.45) is 17.8 Å². The first-order valence-corrected chi connectivity index (χ1v) is 22.0. The van der Waals surface area contributed by atoms with Gasteiger partial charge < -0.3 is 25.4 Å². The summed E-state index contributed by atoms with van der Waals surface area (Å²) >= 11 is 1.62. The van der Waals surface area contributed by atoms with E-state index in [1.165, 1.54) is 0 Å². The van der Waals surface area contributed by atoms with E-state index in [1.807, 2.05) is 182 Å². The zero-order chi connectivity index (χ0) is 45.3. The van der Waals surface area contributed by atoms with Crippen LogP contribution in [-0.2, 0) is 0 Å². The lowest BCUT2D eigenvalue weighted by atomic mass is 10.0. The molecule has 12 heteroatoms. The van der Waals surface area contributed by atoms with E-state index >= 15 is 0 Å². The van der Waals surface area contributed by atoms with Crippen molar-refractivity contribution in [3.05, 3.63) is 162 Å². The van der Waals surface area contributed by atoms with Crippen molar-refractivity contribution in [3.63, 3.8) is 0 Å². The molecule has 3 aromatic heterocycles. The van der Waals surface area contributed by atoms with Gasteiger partial charge in [0, 0.05) is 51.5 Å². The number of benzene rings is 6. The number of Topliss-reactive ketones (excluding diaryl/α,β-unsaturated/α-hetero) is 3. The van der Waals surface area contributed by atoms with Crippen LogP contribution < -0.4 is 16.0 Å². The lowest BCUT2D eigenvalue weighted by Gasteiger charge is -2.06. The summed E-state index contributed by atoms with van der Waals surface area (Å²) in [5.74, 6) is 1.20. The number of carbonyl (C=O) groups is 3. The Kier molecular flexibility index (Phi) is 14.1. The van der Waals surface area contributed by atoms with E-state index in [9.17, 15) is 14.4 Å². The van der Waals surface area contributed by atoms with Crippen LogP contribution in [0.5, 0.6) is 0 Å². The summed E-state index contributed by atoms with van der Waals surface area (Å²) in [6.07, 6.45) is 0. The van der Waals surface area contributed by atoms with Gasteiger partial charge in [0.05, 0.1) is 21.3 Å². The molecule has 9 aromatic rings. The summed E-state index contributed by atoms with van der Waals surface area (Å²) in [5, 5.41) is 10.5. The lowest BCUT2D eigenvalue weighted by Crippen LogP contribution is -2.07. The highest BCUT2D eigenvalue weighted by molar-refractivity contribution is 7.22. The molecule has 6 aromatic carbocycles. The Morgan fingerprint density at radius 1 is 0.531 bits per heavy atom. The predicted octanol–water partition coefficient (Wildman–Crippen LogP) is 13.7. The van der Waals surface area contributed by atoms with Crippen molar-refractivity contribution in [1.29, 1.82) is 0 Å². The van der Waals surface area contributed by atoms with Crippen LogP contribution in [0.15, 0.2) is 144 Å². The molecule has 324 valence electrons. The zero-order valence-corrected chi connectivity index (χ0v) is 37.7. The minimum Gasteiger partial charge on any atom is -0.423 e. The molecule has 0 saturated carbocycles. The SMILES string of the molecule is CC(C)C(=O)c1ccc(Nc2nc3ccccc3o2)cc1.CC(C)C(=O)c1ccc(Nc2nc3ccccc3s2)cc1.Cc1cccc2[nH]c(Nc3ccc(C(=O)C(C)C)cc3)nc12. The predicted molar refractivity (Wildman–Crippen MR) is 261 cm³/mol. The molecule has 0 unspecified atom stereocenters. The second-order valence-corrected chi connectivity index (χ2v) is 17.2. The summed E-state index contributed by atoms with van der Waals surface area (Å²) in [6, 6.07) is 44.5. The van der Waals surface area contributed by atoms with Gasteiger partial charge in [-0.05, 0) is 116 Å². The molecule has 0 spiro atoms. The van der Waals surface area contributed by atoms with Crippen molar-refractivity contribution in [1.82, 2.24) is 19.9 Å². The highest BCUT2D eigenvalue weighted by atomic mass is 32.1. The number of aromatic nitrogens is 4. The normalized spacial score (nSPS) is 11.0. The van der Waals surface area contributed by atoms with Gasteiger partial charge in [-0.3, -0.25) is 14.4 Å². The fourth-order valence-electron chi connectivity index (χ4n) is 6.62. The van der Waals surface area contributed by atoms with Gasteiger partial charge in [-0.1, -0.05) is 89.3 Å². The number of para-hydroxylation sites is 4. The molecule has 0 aliphatic carbocycles. The van der Waals surface area contributed by atoms with E-state index in [0.717, 1.165) is 71.2 Å². The van der Waals surface area contributed by atoms with Crippen molar-refractivity contribution < 1.29 is 18.8 Å². The first-order valence-electron chi connectivity index (χ1n) is 21.2. The minimum absolute atomic E-state index is 0.000786. The second kappa shape index (κ2) is 20.2. The maximum absolute atomic E-state index is 11.9. The van der Waals surface area contributed by atoms with Gasteiger partial charge >= 0.3 is 0 Å². The monoisotopic (exact) mass is 869 g/mol. The van der Waals surface area contributed by atoms with E-state index < -0.39 is 0 Å². The fourth-order valence-corrected chi connectivity index (χ4v) is 7.51. The van der Waals surface area contributed by atoms with Crippen molar-refractivity contribution in [2.75, 3.05) is 16.0 Å². The number of hydrogen-bond acceptors (Lipinski definition) is 11. The molecule has 0 saturated heterocycles. The number of fused-ring (bicyclic) bond motifs is 3. The Hall–Kier alpha value is -7.44. The molecule has 0 amide bonds. The summed E-state index contributed by atoms with van der Waals surface area (Å²) in [7, 11) is 0. The molecule has 0 atom stereocenters. The second-order valence-electron chi connectivity index (χ2n) is 16.2. The number of aromatic amines is 1. The lowest BCUT2D eigenvalue weighted by molar-refractivity contribution is 0.0932. The van der Waals surface area contributed by atoms with Gasteiger partial charge in [0.25, 0.3) is 6.01 Å². The first kappa shape index (κ1) is 44.6. The minimum atomic E-state index is 0.000786. The number of H-pyrrole nitrogens is 1. The third kappa shape index (κ3) is 11.1. The average Bonchev–Trinajstić information content (AvgIpc) is 4.03. The summed E-state index contributed by atoms with van der Waals surface area (Å²) < 4.78 is 6.76. The molecule has 0 bridgehead atoms. The van der Waals surface area contributed by atoms with Gasteiger partial charge in [0.15, 0.2) is 28.1 Å². The van der Waals surface area contributed by atoms with E-state index in [4.69, 9.17) is 4.42 Å². The number of oxazole rings is 1. The Labute approximate surface area is 376 Å². The smallest absolute Gasteiger partial charge is 0.300 e. The van der Waals surface area contributed by atoms with Gasteiger partial charge in [0.2, 0.25) is 5.95 Å². The third-order valence-electron chi connectivity index (χ3n) is 10.1. The van der Waals surface area contributed by atoms with Gasteiger partial charge in [-0.15, -0.1) is 0 Å². The van der Waals surface area contributed by atoms with Crippen molar-refractivity contribution >= 4 is 95.2 Å². The molecule has 64 heavy (non-hydrogen) atoms. The number of carbonyl (C=O) groups excluding carboxylic acids is 3. The van der Waals surface area contributed by atoms with Crippen LogP contribution in [0.4, 0.5) is 34.2 Å². The van der Waals surface area contributed by atoms with Gasteiger partial charge in [0.1, 0.15) is 5.52 Å². The molecular formula is C52H51N7O4S. The number of aryl methyl sites for hydroxylation is 1. The summed E-state index contributed by atoms with van der Waals surface area (Å²) in [5.41, 5.74) is 10.5. The number of thiazole rings is 1. The van der Waals surface area contributed by atoms with E-state index in [0.29, 0.717) is 17.5 Å². The highest BCUT2D eigenvalue weighted by Gasteiger charge is 2.13. The highest BCUT2D eigenvalue weighted by Crippen LogP contribution is 2.29. The molecule has 0 fully saturated rings. The first-order chi connectivity index (χ1) is 30.8. The van der Waals surface area contributed by atoms with Crippen LogP contribution in [0.3, 0.4) is 0 Å². The Balaban J connectivity index is 0.000000144. The molecule has 0 aliphatic rings. The van der Waals surface area contributed by atoms with Crippen molar-refractivity contribution in [3.8, 4) is 0 Å². The number of nitrogens with zero attached hydrogens (tertiary/aromatic N) is 3. The van der Waals surface area contributed by atoms with E-state index in [2.05, 4.69) is 42.0 Å². The number of rotatable bonds is 12. The maximum atomic E-state index is 11.9. The quantitative estimate of drug-likeness (QED) is 0.0872. The largest absolute Gasteiger partial charge is 0.423 e. The number of imidazole rings is 1. The molecular weight excluding hydrogens is 819 g/mol. The third-order valence-corrected chi connectivity index (χ3v) is 11.1. The van der Waals surface area contributed by atoms with Gasteiger partial charge in [-0.25, -0.2) is 9.97 Å². The van der Waals surface area contributed by atoms with Crippen LogP contribution in [0.1, 0.15) is 78.2 Å². The van der Waals surface area contributed by atoms with E-state index in [1.54, 1.807) is 11.3 Å². The van der Waals surface area contributed by atoms with Crippen LogP contribution in [-0.4, -0.2) is 37.3 Å². The Bertz CT molecular complexity index is 2820. The molecule has 0 aliphatic heterocycles. The number of anilines is 6. The molecule has 11 nitrogen and oxygen atoms in total.